The van der Waals surface area contributed by atoms with Crippen LogP contribution in [-0.4, -0.2) is 37.3 Å². The van der Waals surface area contributed by atoms with Gasteiger partial charge in [-0.2, -0.15) is 0 Å². The maximum atomic E-state index is 13.0. The maximum Gasteiger partial charge on any atom is 0.341 e. The van der Waals surface area contributed by atoms with Gasteiger partial charge in [0.1, 0.15) is 16.9 Å². The second-order valence-corrected chi connectivity index (χ2v) is 7.62. The van der Waals surface area contributed by atoms with Crippen molar-refractivity contribution >= 4 is 17.6 Å². The first-order chi connectivity index (χ1) is 13.3. The van der Waals surface area contributed by atoms with Crippen LogP contribution in [0.5, 0.6) is 5.75 Å². The topological polar surface area (TPSA) is 73.9 Å². The summed E-state index contributed by atoms with van der Waals surface area (Å²) in [5.74, 6) is 0.246. The first kappa shape index (κ1) is 22.2. The lowest BCUT2D eigenvalue weighted by atomic mass is 9.78. The SMILES string of the molecule is CCOC(=O)c1cc(NC(=O)[C@@]2(OC)CCC[C@H](C)C2)ccc1O[C@@H](C)CC. The lowest BCUT2D eigenvalue weighted by Gasteiger charge is -2.37. The maximum absolute atomic E-state index is 13.0. The molecule has 0 saturated heterocycles. The Bertz CT molecular complexity index is 690. The average molecular weight is 392 g/mol. The number of ether oxygens (including phenoxy) is 3. The van der Waals surface area contributed by atoms with Gasteiger partial charge in [0.05, 0.1) is 12.7 Å². The number of esters is 1. The van der Waals surface area contributed by atoms with Gasteiger partial charge in [-0.25, -0.2) is 4.79 Å². The van der Waals surface area contributed by atoms with Gasteiger partial charge in [-0.05, 0) is 63.6 Å². The predicted octanol–water partition coefficient (Wildman–Crippen LogP) is 4.57. The first-order valence-electron chi connectivity index (χ1n) is 10.2. The zero-order chi connectivity index (χ0) is 20.7. The molecule has 1 aliphatic carbocycles. The van der Waals surface area contributed by atoms with E-state index in [9.17, 15) is 9.59 Å². The summed E-state index contributed by atoms with van der Waals surface area (Å²) in [7, 11) is 1.59. The number of carbonyl (C=O) groups excluding carboxylic acids is 2. The number of rotatable bonds is 8. The van der Waals surface area contributed by atoms with Gasteiger partial charge in [0, 0.05) is 12.8 Å². The molecule has 0 aromatic heterocycles. The van der Waals surface area contributed by atoms with E-state index in [1.165, 1.54) is 0 Å². The van der Waals surface area contributed by atoms with E-state index in [0.29, 0.717) is 35.8 Å². The van der Waals surface area contributed by atoms with Crippen LogP contribution in [0.4, 0.5) is 5.69 Å². The zero-order valence-electron chi connectivity index (χ0n) is 17.7. The molecule has 1 aromatic rings. The summed E-state index contributed by atoms with van der Waals surface area (Å²) in [6, 6.07) is 5.06. The molecule has 1 saturated carbocycles. The van der Waals surface area contributed by atoms with E-state index in [0.717, 1.165) is 19.3 Å². The van der Waals surface area contributed by atoms with Crippen LogP contribution < -0.4 is 10.1 Å². The van der Waals surface area contributed by atoms with Crippen LogP contribution in [0.25, 0.3) is 0 Å². The molecule has 3 atom stereocenters. The molecule has 1 aromatic carbocycles. The lowest BCUT2D eigenvalue weighted by molar-refractivity contribution is -0.143. The molecule has 0 heterocycles. The summed E-state index contributed by atoms with van der Waals surface area (Å²) in [6.45, 7) is 8.12. The van der Waals surface area contributed by atoms with Crippen LogP contribution in [0, 0.1) is 5.92 Å². The van der Waals surface area contributed by atoms with Crippen molar-refractivity contribution in [1.29, 1.82) is 0 Å². The Hall–Kier alpha value is -2.08. The van der Waals surface area contributed by atoms with Crippen LogP contribution in [-0.2, 0) is 14.3 Å². The molecule has 1 N–H and O–H groups in total. The molecule has 28 heavy (non-hydrogen) atoms. The molecular weight excluding hydrogens is 358 g/mol. The Balaban J connectivity index is 2.26. The van der Waals surface area contributed by atoms with Crippen molar-refractivity contribution in [3.63, 3.8) is 0 Å². The van der Waals surface area contributed by atoms with E-state index in [1.54, 1.807) is 32.2 Å². The van der Waals surface area contributed by atoms with Crippen molar-refractivity contribution in [1.82, 2.24) is 0 Å². The third-order valence-corrected chi connectivity index (χ3v) is 5.40. The molecule has 6 nitrogen and oxygen atoms in total. The van der Waals surface area contributed by atoms with Gasteiger partial charge < -0.3 is 19.5 Å². The Morgan fingerprint density at radius 3 is 2.68 bits per heavy atom. The van der Waals surface area contributed by atoms with Crippen molar-refractivity contribution in [3.8, 4) is 5.75 Å². The minimum atomic E-state index is -0.826. The van der Waals surface area contributed by atoms with Gasteiger partial charge >= 0.3 is 5.97 Å². The molecule has 0 unspecified atom stereocenters. The molecule has 2 rings (SSSR count). The molecular formula is C22H33NO5. The van der Waals surface area contributed by atoms with Crippen molar-refractivity contribution < 1.29 is 23.8 Å². The molecule has 0 aliphatic heterocycles. The zero-order valence-corrected chi connectivity index (χ0v) is 17.7. The van der Waals surface area contributed by atoms with E-state index in [1.807, 2.05) is 13.8 Å². The first-order valence-corrected chi connectivity index (χ1v) is 10.2. The molecule has 1 aliphatic rings. The number of benzene rings is 1. The molecule has 0 radical (unpaired) electrons. The smallest absolute Gasteiger partial charge is 0.341 e. The van der Waals surface area contributed by atoms with E-state index in [-0.39, 0.29) is 18.6 Å². The number of carbonyl (C=O) groups is 2. The molecule has 1 fully saturated rings. The number of nitrogens with one attached hydrogen (secondary N) is 1. The quantitative estimate of drug-likeness (QED) is 0.657. The number of hydrogen-bond donors (Lipinski definition) is 1. The summed E-state index contributed by atoms with van der Waals surface area (Å²) < 4.78 is 16.7. The Morgan fingerprint density at radius 1 is 1.32 bits per heavy atom. The highest BCUT2D eigenvalue weighted by molar-refractivity contribution is 5.99. The normalized spacial score (nSPS) is 23.0. The summed E-state index contributed by atoms with van der Waals surface area (Å²) in [5.41, 5.74) is 0.0100. The van der Waals surface area contributed by atoms with Crippen LogP contribution in [0.1, 0.15) is 70.2 Å². The molecule has 0 bridgehead atoms. The average Bonchev–Trinajstić information content (AvgIpc) is 2.68. The third-order valence-electron chi connectivity index (χ3n) is 5.40. The van der Waals surface area contributed by atoms with Gasteiger partial charge in [-0.15, -0.1) is 0 Å². The van der Waals surface area contributed by atoms with Crippen LogP contribution in [0.3, 0.4) is 0 Å². The highest BCUT2D eigenvalue weighted by Crippen LogP contribution is 2.36. The Morgan fingerprint density at radius 2 is 2.07 bits per heavy atom. The fourth-order valence-electron chi connectivity index (χ4n) is 3.61. The molecule has 6 heteroatoms. The van der Waals surface area contributed by atoms with Crippen LogP contribution >= 0.6 is 0 Å². The lowest BCUT2D eigenvalue weighted by Crippen LogP contribution is -2.47. The highest BCUT2D eigenvalue weighted by Gasteiger charge is 2.42. The Kier molecular flexibility index (Phi) is 7.87. The molecule has 1 amide bonds. The number of methoxy groups -OCH3 is 1. The van der Waals surface area contributed by atoms with Gasteiger partial charge in [0.15, 0.2) is 0 Å². The van der Waals surface area contributed by atoms with Crippen LogP contribution in [0.2, 0.25) is 0 Å². The van der Waals surface area contributed by atoms with Crippen LogP contribution in [0.15, 0.2) is 18.2 Å². The van der Waals surface area contributed by atoms with Gasteiger partial charge in [-0.1, -0.05) is 20.3 Å². The number of anilines is 1. The minimum absolute atomic E-state index is 0.0332. The van der Waals surface area contributed by atoms with Gasteiger partial charge in [0.2, 0.25) is 0 Å². The largest absolute Gasteiger partial charge is 0.490 e. The summed E-state index contributed by atoms with van der Waals surface area (Å²) in [5, 5.41) is 2.93. The third kappa shape index (κ3) is 5.25. The summed E-state index contributed by atoms with van der Waals surface area (Å²) >= 11 is 0. The summed E-state index contributed by atoms with van der Waals surface area (Å²) in [4.78, 5) is 25.4. The van der Waals surface area contributed by atoms with Crippen molar-refractivity contribution in [2.45, 2.75) is 71.5 Å². The van der Waals surface area contributed by atoms with E-state index in [2.05, 4.69) is 12.2 Å². The van der Waals surface area contributed by atoms with Gasteiger partial charge in [0.25, 0.3) is 5.91 Å². The van der Waals surface area contributed by atoms with E-state index >= 15 is 0 Å². The second-order valence-electron chi connectivity index (χ2n) is 7.62. The highest BCUT2D eigenvalue weighted by atomic mass is 16.5. The number of hydrogen-bond acceptors (Lipinski definition) is 5. The van der Waals surface area contributed by atoms with E-state index in [4.69, 9.17) is 14.2 Å². The standard InChI is InChI=1S/C22H33NO5/c1-6-16(4)28-19-11-10-17(13-18(19)20(24)27-7-2)23-21(25)22(26-5)12-8-9-15(3)14-22/h10-11,13,15-16H,6-9,12,14H2,1-5H3,(H,23,25)/t15-,16-,22+/m0/s1. The molecule has 156 valence electrons. The van der Waals surface area contributed by atoms with Crippen molar-refractivity contribution in [2.24, 2.45) is 5.92 Å². The monoisotopic (exact) mass is 391 g/mol. The number of amides is 1. The van der Waals surface area contributed by atoms with Gasteiger partial charge in [-0.3, -0.25) is 4.79 Å². The van der Waals surface area contributed by atoms with Crippen molar-refractivity contribution in [2.75, 3.05) is 19.0 Å². The fourth-order valence-corrected chi connectivity index (χ4v) is 3.61. The fraction of sp³-hybridized carbons (Fsp3) is 0.636. The van der Waals surface area contributed by atoms with Crippen molar-refractivity contribution in [3.05, 3.63) is 23.8 Å². The van der Waals surface area contributed by atoms with E-state index < -0.39 is 11.6 Å². The minimum Gasteiger partial charge on any atom is -0.490 e. The summed E-state index contributed by atoms with van der Waals surface area (Å²) in [6.07, 6.45) is 4.23. The predicted molar refractivity (Wildman–Crippen MR) is 109 cm³/mol. The second kappa shape index (κ2) is 9.92. The molecule has 0 spiro atoms. The Labute approximate surface area is 167 Å².